The van der Waals surface area contributed by atoms with Gasteiger partial charge in [-0.05, 0) is 38.2 Å². The largest absolute Gasteiger partial charge is 0.481 e. The lowest BCUT2D eigenvalue weighted by molar-refractivity contribution is -0.143. The van der Waals surface area contributed by atoms with Gasteiger partial charge in [-0.3, -0.25) is 43.3 Å². The summed E-state index contributed by atoms with van der Waals surface area (Å²) in [6, 6.07) is -4.73. The molecule has 0 aliphatic carbocycles. The van der Waals surface area contributed by atoms with E-state index in [0.717, 1.165) is 0 Å². The molecule has 13 N–H and O–H groups in total. The van der Waals surface area contributed by atoms with Crippen LogP contribution in [0.4, 0.5) is 0 Å². The van der Waals surface area contributed by atoms with Crippen LogP contribution in [-0.4, -0.2) is 124 Å². The Morgan fingerprint density at radius 1 is 0.923 bits per heavy atom. The van der Waals surface area contributed by atoms with Crippen molar-refractivity contribution in [2.45, 2.75) is 75.2 Å². The van der Waals surface area contributed by atoms with E-state index in [1.807, 2.05) is 0 Å². The van der Waals surface area contributed by atoms with Crippen LogP contribution < -0.4 is 43.8 Å². The molecule has 7 amide bonds. The van der Waals surface area contributed by atoms with Crippen LogP contribution in [0.1, 0.15) is 56.6 Å². The van der Waals surface area contributed by atoms with Gasteiger partial charge in [-0.2, -0.15) is 0 Å². The molecule has 3 rings (SSSR count). The number of carboxylic acids is 1. The van der Waals surface area contributed by atoms with Gasteiger partial charge in [0.05, 0.1) is 13.0 Å². The number of aromatic amines is 1. The fraction of sp³-hybridized carbons (Fsp3) is 0.567. The maximum absolute atomic E-state index is 14.0. The van der Waals surface area contributed by atoms with E-state index in [1.54, 1.807) is 0 Å². The minimum atomic E-state index is -1.67. The number of nitrogens with one attached hydrogen (secondary N) is 6. The van der Waals surface area contributed by atoms with E-state index in [-0.39, 0.29) is 55.4 Å². The Morgan fingerprint density at radius 3 is 2.35 bits per heavy atom. The maximum Gasteiger partial charge on any atom is 0.305 e. The van der Waals surface area contributed by atoms with Crippen molar-refractivity contribution in [3.63, 3.8) is 0 Å². The van der Waals surface area contributed by atoms with Crippen LogP contribution in [0.25, 0.3) is 0 Å². The Labute approximate surface area is 306 Å². The molecule has 0 unspecified atom stereocenters. The van der Waals surface area contributed by atoms with Crippen molar-refractivity contribution in [2.75, 3.05) is 31.1 Å². The van der Waals surface area contributed by atoms with Gasteiger partial charge < -0.3 is 58.8 Å². The molecule has 2 fully saturated rings. The van der Waals surface area contributed by atoms with Crippen LogP contribution in [-0.2, 0) is 38.4 Å². The summed E-state index contributed by atoms with van der Waals surface area (Å²) in [5.74, 6) is -6.43. The number of carbonyl (C=O) groups excluding carboxylic acids is 7. The van der Waals surface area contributed by atoms with Gasteiger partial charge in [-0.15, -0.1) is 0 Å². The van der Waals surface area contributed by atoms with Crippen LogP contribution in [0.2, 0.25) is 0 Å². The molecule has 52 heavy (non-hydrogen) atoms. The van der Waals surface area contributed by atoms with Gasteiger partial charge in [0.1, 0.15) is 30.2 Å². The fourth-order valence-electron chi connectivity index (χ4n) is 5.41. The summed E-state index contributed by atoms with van der Waals surface area (Å²) in [7, 11) is 2.44. The standard InChI is InChI=1S/C30H45N11O9S2/c31-25(46)19-15-52-51-11-7-21(42)37-17(4-1-2-8-35-30(32)33)26(47)36-14-22(43)38-18(12-23(44)45)27(48)40-24(16-6-9-34-13-16)29(50)41-10-3-5-20(41)28(49)39-19/h6,9,13,17-20,24,34H,1-5,7-8,10-12,14-15H2,(H2,31,46)(H,36,47)(H,37,42)(H,38,43)(H,39,49)(H,40,48)(H,44,45)(H4,32,33,35)/t17-,18-,19-,20-,24+/m0/s1. The molecule has 2 aliphatic rings. The molecule has 0 saturated carbocycles. The van der Waals surface area contributed by atoms with E-state index in [2.05, 4.69) is 36.6 Å². The Bertz CT molecular complexity index is 1490. The average Bonchev–Trinajstić information content (AvgIpc) is 3.80. The number of aliphatic imine (C=N–C) groups is 1. The number of primary amides is 1. The number of carboxylic acid groups (broad SMARTS) is 1. The molecule has 1 aromatic rings. The lowest BCUT2D eigenvalue weighted by Crippen LogP contribution is -2.56. The lowest BCUT2D eigenvalue weighted by Gasteiger charge is -2.30. The van der Waals surface area contributed by atoms with Crippen molar-refractivity contribution in [1.82, 2.24) is 36.5 Å². The molecule has 20 nitrogen and oxygen atoms in total. The fourth-order valence-corrected chi connectivity index (χ4v) is 7.58. The Hall–Kier alpha value is -4.99. The predicted octanol–water partition coefficient (Wildman–Crippen LogP) is -3.08. The minimum Gasteiger partial charge on any atom is -0.481 e. The summed E-state index contributed by atoms with van der Waals surface area (Å²) in [5, 5.41) is 22.0. The van der Waals surface area contributed by atoms with Gasteiger partial charge >= 0.3 is 5.97 Å². The third kappa shape index (κ3) is 13.3. The second-order valence-corrected chi connectivity index (χ2v) is 14.6. The van der Waals surface area contributed by atoms with Crippen LogP contribution in [0, 0.1) is 0 Å². The molecule has 0 radical (unpaired) electrons. The Balaban J connectivity index is 1.87. The summed E-state index contributed by atoms with van der Waals surface area (Å²) >= 11 is 0. The molecule has 3 heterocycles. The number of guanidine groups is 1. The summed E-state index contributed by atoms with van der Waals surface area (Å²) < 4.78 is 0. The van der Waals surface area contributed by atoms with E-state index >= 15 is 0 Å². The van der Waals surface area contributed by atoms with E-state index in [4.69, 9.17) is 17.2 Å². The van der Waals surface area contributed by atoms with Crippen LogP contribution >= 0.6 is 21.6 Å². The SMILES string of the molecule is NC(=O)[C@@H]1CSSCCC(=O)N[C@@H](CCCCN=C(N)N)C(=O)NCC(=O)N[C@@H](CC(=O)O)C(=O)N[C@H](c2cc[nH]c2)C(=O)N2CCC[C@H]2C(=O)N1. The van der Waals surface area contributed by atoms with Gasteiger partial charge in [0.25, 0.3) is 5.91 Å². The lowest BCUT2D eigenvalue weighted by atomic mass is 10.1. The summed E-state index contributed by atoms with van der Waals surface area (Å²) in [4.78, 5) is 112. The molecular formula is C30H45N11O9S2. The van der Waals surface area contributed by atoms with Crippen LogP contribution in [0.3, 0.4) is 0 Å². The Kier molecular flexibility index (Phi) is 16.5. The molecule has 2 saturated heterocycles. The molecule has 1 aromatic heterocycles. The second-order valence-electron chi connectivity index (χ2n) is 12.0. The molecule has 286 valence electrons. The normalized spacial score (nSPS) is 24.7. The van der Waals surface area contributed by atoms with E-state index in [0.29, 0.717) is 19.3 Å². The third-order valence-electron chi connectivity index (χ3n) is 8.02. The van der Waals surface area contributed by atoms with Gasteiger partial charge in [-0.1, -0.05) is 21.6 Å². The van der Waals surface area contributed by atoms with Crippen molar-refractivity contribution < 1.29 is 43.5 Å². The number of nitrogens with zero attached hydrogens (tertiary/aromatic N) is 2. The van der Waals surface area contributed by atoms with Gasteiger partial charge in [0.15, 0.2) is 5.96 Å². The number of amides is 7. The number of fused-ring (bicyclic) bond motifs is 1. The third-order valence-corrected chi connectivity index (χ3v) is 10.4. The first-order valence-electron chi connectivity index (χ1n) is 16.5. The quantitative estimate of drug-likeness (QED) is 0.0517. The molecule has 0 spiro atoms. The number of H-pyrrole nitrogens is 1. The Morgan fingerprint density at radius 2 is 1.67 bits per heavy atom. The summed E-state index contributed by atoms with van der Waals surface area (Å²) in [5.41, 5.74) is 16.5. The number of carbonyl (C=O) groups is 8. The van der Waals surface area contributed by atoms with E-state index in [1.165, 1.54) is 44.9 Å². The first-order valence-corrected chi connectivity index (χ1v) is 19.0. The highest BCUT2D eigenvalue weighted by Gasteiger charge is 2.40. The number of unbranched alkanes of at least 4 members (excludes halogenated alkanes) is 1. The molecule has 5 atom stereocenters. The number of hydrogen-bond donors (Lipinski definition) is 10. The van der Waals surface area contributed by atoms with Crippen molar-refractivity contribution >= 4 is 74.9 Å². The highest BCUT2D eigenvalue weighted by molar-refractivity contribution is 8.76. The highest BCUT2D eigenvalue weighted by Crippen LogP contribution is 2.26. The molecule has 2 aliphatic heterocycles. The number of rotatable bonds is 9. The highest BCUT2D eigenvalue weighted by atomic mass is 33.1. The van der Waals surface area contributed by atoms with Crippen molar-refractivity contribution in [3.05, 3.63) is 24.0 Å². The van der Waals surface area contributed by atoms with E-state index in [9.17, 15) is 43.5 Å². The van der Waals surface area contributed by atoms with Gasteiger partial charge in [-0.25, -0.2) is 0 Å². The van der Waals surface area contributed by atoms with Crippen molar-refractivity contribution in [1.29, 1.82) is 0 Å². The van der Waals surface area contributed by atoms with Gasteiger partial charge in [0, 0.05) is 49.0 Å². The smallest absolute Gasteiger partial charge is 0.305 e. The second kappa shape index (κ2) is 20.8. The number of aromatic nitrogens is 1. The summed E-state index contributed by atoms with van der Waals surface area (Å²) in [6.07, 6.45) is 3.82. The van der Waals surface area contributed by atoms with Crippen LogP contribution in [0.5, 0.6) is 0 Å². The molecular weight excluding hydrogens is 723 g/mol. The van der Waals surface area contributed by atoms with Gasteiger partial charge in [0.2, 0.25) is 35.4 Å². The molecule has 22 heteroatoms. The predicted molar refractivity (Wildman–Crippen MR) is 191 cm³/mol. The first-order chi connectivity index (χ1) is 24.8. The molecule has 0 bridgehead atoms. The number of aliphatic carboxylic acids is 1. The first kappa shape index (κ1) is 41.4. The molecule has 0 aromatic carbocycles. The van der Waals surface area contributed by atoms with Crippen molar-refractivity contribution in [2.24, 2.45) is 22.2 Å². The van der Waals surface area contributed by atoms with Crippen LogP contribution in [0.15, 0.2) is 23.5 Å². The number of nitrogens with two attached hydrogens (primary N) is 3. The maximum atomic E-state index is 14.0. The van der Waals surface area contributed by atoms with E-state index < -0.39 is 90.5 Å². The zero-order valence-electron chi connectivity index (χ0n) is 28.3. The zero-order chi connectivity index (χ0) is 38.2. The zero-order valence-corrected chi connectivity index (χ0v) is 29.9. The monoisotopic (exact) mass is 767 g/mol. The average molecular weight is 768 g/mol. The minimum absolute atomic E-state index is 0.0169. The summed E-state index contributed by atoms with van der Waals surface area (Å²) in [6.45, 7) is -0.232. The topological polar surface area (TPSA) is 326 Å². The van der Waals surface area contributed by atoms with Crippen molar-refractivity contribution in [3.8, 4) is 0 Å². The number of hydrogen-bond acceptors (Lipinski definition) is 11.